The standard InChI is InChI=1S/C19H16Cl2SSi/c1-2-11-23(19-10-9-18(21)22-19)16-6-4-3-5-14(16)15-12-13(20)7-8-17(15)23/h3-10,12H,2,11H2,1H3/t23-/m1/s1. The second kappa shape index (κ2) is 5.78. The molecule has 4 rings (SSSR count). The number of benzene rings is 2. The predicted molar refractivity (Wildman–Crippen MR) is 106 cm³/mol. The summed E-state index contributed by atoms with van der Waals surface area (Å²) >= 11 is 14.4. The van der Waals surface area contributed by atoms with Gasteiger partial charge in [0.2, 0.25) is 0 Å². The molecule has 0 saturated carbocycles. The Kier molecular flexibility index (Phi) is 3.89. The molecular formula is C19H16Cl2SSi. The van der Waals surface area contributed by atoms with Crippen molar-refractivity contribution in [3.05, 3.63) is 64.0 Å². The second-order valence-electron chi connectivity index (χ2n) is 5.99. The first-order valence-electron chi connectivity index (χ1n) is 7.82. The molecule has 0 aliphatic carbocycles. The quantitative estimate of drug-likeness (QED) is 0.571. The number of fused-ring (bicyclic) bond motifs is 3. The van der Waals surface area contributed by atoms with Crippen molar-refractivity contribution in [1.82, 2.24) is 0 Å². The van der Waals surface area contributed by atoms with E-state index in [1.165, 1.54) is 32.0 Å². The molecule has 23 heavy (non-hydrogen) atoms. The summed E-state index contributed by atoms with van der Waals surface area (Å²) in [6, 6.07) is 20.8. The lowest BCUT2D eigenvalue weighted by Gasteiger charge is -2.28. The molecule has 2 heterocycles. The highest BCUT2D eigenvalue weighted by Gasteiger charge is 2.47. The molecule has 0 saturated heterocycles. The molecule has 116 valence electrons. The van der Waals surface area contributed by atoms with Crippen LogP contribution in [0.3, 0.4) is 0 Å². The molecule has 1 atom stereocenters. The molecule has 0 N–H and O–H groups in total. The van der Waals surface area contributed by atoms with Gasteiger partial charge in [-0.15, -0.1) is 11.3 Å². The first kappa shape index (κ1) is 15.5. The van der Waals surface area contributed by atoms with Crippen LogP contribution in [0.2, 0.25) is 15.4 Å². The van der Waals surface area contributed by atoms with Gasteiger partial charge < -0.3 is 0 Å². The fraction of sp³-hybridized carbons (Fsp3) is 0.158. The maximum atomic E-state index is 6.31. The van der Waals surface area contributed by atoms with Gasteiger partial charge in [-0.25, -0.2) is 0 Å². The van der Waals surface area contributed by atoms with E-state index in [-0.39, 0.29) is 0 Å². The number of hydrogen-bond acceptors (Lipinski definition) is 1. The highest BCUT2D eigenvalue weighted by atomic mass is 35.5. The normalized spacial score (nSPS) is 18.7. The molecule has 1 aromatic heterocycles. The van der Waals surface area contributed by atoms with Crippen molar-refractivity contribution in [2.75, 3.05) is 0 Å². The van der Waals surface area contributed by atoms with Crippen LogP contribution in [0.4, 0.5) is 0 Å². The second-order valence-corrected chi connectivity index (χ2v) is 12.4. The molecule has 0 bridgehead atoms. The summed E-state index contributed by atoms with van der Waals surface area (Å²) in [5, 5.41) is 3.81. The van der Waals surface area contributed by atoms with Crippen LogP contribution in [-0.2, 0) is 0 Å². The lowest BCUT2D eigenvalue weighted by molar-refractivity contribution is 1.06. The Balaban J connectivity index is 2.10. The zero-order valence-corrected chi connectivity index (χ0v) is 16.1. The van der Waals surface area contributed by atoms with Crippen LogP contribution in [0.15, 0.2) is 54.6 Å². The van der Waals surface area contributed by atoms with Crippen molar-refractivity contribution in [1.29, 1.82) is 0 Å². The maximum absolute atomic E-state index is 6.31. The number of rotatable bonds is 3. The van der Waals surface area contributed by atoms with Crippen molar-refractivity contribution < 1.29 is 0 Å². The van der Waals surface area contributed by atoms with Gasteiger partial charge >= 0.3 is 0 Å². The first-order chi connectivity index (χ1) is 11.2. The summed E-state index contributed by atoms with van der Waals surface area (Å²) in [5.74, 6) is 0. The predicted octanol–water partition coefficient (Wildman–Crippen LogP) is 4.92. The third-order valence-corrected chi connectivity index (χ3v) is 12.3. The summed E-state index contributed by atoms with van der Waals surface area (Å²) in [6.07, 6.45) is 1.16. The summed E-state index contributed by atoms with van der Waals surface area (Å²) in [6.45, 7) is 2.28. The van der Waals surface area contributed by atoms with Gasteiger partial charge in [0.05, 0.1) is 4.34 Å². The molecule has 0 spiro atoms. The van der Waals surface area contributed by atoms with E-state index in [1.807, 2.05) is 12.1 Å². The van der Waals surface area contributed by atoms with E-state index in [9.17, 15) is 0 Å². The van der Waals surface area contributed by atoms with Gasteiger partial charge in [-0.1, -0.05) is 72.9 Å². The van der Waals surface area contributed by atoms with E-state index in [0.29, 0.717) is 0 Å². The van der Waals surface area contributed by atoms with E-state index in [2.05, 4.69) is 49.4 Å². The molecule has 4 heteroatoms. The van der Waals surface area contributed by atoms with Crippen molar-refractivity contribution in [3.63, 3.8) is 0 Å². The highest BCUT2D eigenvalue weighted by Crippen LogP contribution is 2.34. The van der Waals surface area contributed by atoms with E-state index in [0.717, 1.165) is 15.8 Å². The molecule has 1 aliphatic rings. The third kappa shape index (κ3) is 2.24. The lowest BCUT2D eigenvalue weighted by Crippen LogP contribution is -2.63. The lowest BCUT2D eigenvalue weighted by atomic mass is 10.1. The molecule has 0 fully saturated rings. The van der Waals surface area contributed by atoms with Crippen molar-refractivity contribution in [3.8, 4) is 11.1 Å². The Morgan fingerprint density at radius 3 is 2.43 bits per heavy atom. The Morgan fingerprint density at radius 2 is 1.70 bits per heavy atom. The minimum atomic E-state index is -1.98. The summed E-state index contributed by atoms with van der Waals surface area (Å²) in [4.78, 5) is 0. The molecule has 0 nitrogen and oxygen atoms in total. The molecule has 0 radical (unpaired) electrons. The number of halogens is 2. The molecule has 3 aromatic rings. The SMILES string of the molecule is CCC[Si@@]1(c2ccc(Cl)s2)c2ccccc2-c2cc(Cl)ccc21. The minimum absolute atomic E-state index is 0.809. The van der Waals surface area contributed by atoms with Crippen LogP contribution in [0.25, 0.3) is 11.1 Å². The van der Waals surface area contributed by atoms with Crippen molar-refractivity contribution in [2.45, 2.75) is 19.4 Å². The average Bonchev–Trinajstić information content (AvgIpc) is 3.10. The summed E-state index contributed by atoms with van der Waals surface area (Å²) < 4.78 is 2.33. The fourth-order valence-corrected chi connectivity index (χ4v) is 11.9. The average molecular weight is 375 g/mol. The minimum Gasteiger partial charge on any atom is -0.132 e. The fourth-order valence-electron chi connectivity index (χ4n) is 3.92. The van der Waals surface area contributed by atoms with E-state index < -0.39 is 8.07 Å². The van der Waals surface area contributed by atoms with E-state index >= 15 is 0 Å². The largest absolute Gasteiger partial charge is 0.161 e. The van der Waals surface area contributed by atoms with Gasteiger partial charge in [0, 0.05) is 9.52 Å². The van der Waals surface area contributed by atoms with Crippen LogP contribution in [0.5, 0.6) is 0 Å². The van der Waals surface area contributed by atoms with Crippen LogP contribution in [0, 0.1) is 0 Å². The van der Waals surface area contributed by atoms with Crippen molar-refractivity contribution >= 4 is 57.5 Å². The van der Waals surface area contributed by atoms with Crippen LogP contribution >= 0.6 is 34.5 Å². The molecule has 0 amide bonds. The molecular weight excluding hydrogens is 359 g/mol. The Hall–Kier alpha value is -1.06. The van der Waals surface area contributed by atoms with E-state index in [4.69, 9.17) is 23.2 Å². The molecule has 0 unspecified atom stereocenters. The van der Waals surface area contributed by atoms with Crippen LogP contribution < -0.4 is 14.9 Å². The first-order valence-corrected chi connectivity index (χ1v) is 11.6. The number of thiophene rings is 1. The summed E-state index contributed by atoms with van der Waals surface area (Å²) in [5.41, 5.74) is 2.67. The zero-order valence-electron chi connectivity index (χ0n) is 12.8. The molecule has 2 aromatic carbocycles. The van der Waals surface area contributed by atoms with Gasteiger partial charge in [0.25, 0.3) is 0 Å². The van der Waals surface area contributed by atoms with Crippen molar-refractivity contribution in [2.24, 2.45) is 0 Å². The van der Waals surface area contributed by atoms with Gasteiger partial charge in [0.1, 0.15) is 0 Å². The van der Waals surface area contributed by atoms with Crippen LogP contribution in [-0.4, -0.2) is 8.07 Å². The highest BCUT2D eigenvalue weighted by molar-refractivity contribution is 7.35. The number of hydrogen-bond donors (Lipinski definition) is 0. The topological polar surface area (TPSA) is 0 Å². The zero-order chi connectivity index (χ0) is 16.0. The van der Waals surface area contributed by atoms with Gasteiger partial charge in [0.15, 0.2) is 8.07 Å². The maximum Gasteiger partial charge on any atom is 0.161 e. The molecule has 1 aliphatic heterocycles. The van der Waals surface area contributed by atoms with E-state index in [1.54, 1.807) is 11.3 Å². The van der Waals surface area contributed by atoms with Gasteiger partial charge in [-0.05, 0) is 45.7 Å². The summed E-state index contributed by atoms with van der Waals surface area (Å²) in [7, 11) is -1.98. The smallest absolute Gasteiger partial charge is 0.132 e. The van der Waals surface area contributed by atoms with Gasteiger partial charge in [-0.3, -0.25) is 0 Å². The Labute approximate surface area is 151 Å². The monoisotopic (exact) mass is 374 g/mol. The third-order valence-electron chi connectivity index (χ3n) is 4.74. The Bertz CT molecular complexity index is 887. The van der Waals surface area contributed by atoms with Crippen LogP contribution in [0.1, 0.15) is 13.3 Å². The Morgan fingerprint density at radius 1 is 0.913 bits per heavy atom. The van der Waals surface area contributed by atoms with Gasteiger partial charge in [-0.2, -0.15) is 0 Å².